The van der Waals surface area contributed by atoms with Gasteiger partial charge < -0.3 is 20.1 Å². The number of esters is 1. The van der Waals surface area contributed by atoms with Gasteiger partial charge in [-0.3, -0.25) is 14.4 Å². The van der Waals surface area contributed by atoms with Gasteiger partial charge in [-0.05, 0) is 43.7 Å². The molecule has 194 valence electrons. The van der Waals surface area contributed by atoms with E-state index < -0.39 is 41.0 Å². The molecule has 0 atom stereocenters. The Morgan fingerprint density at radius 1 is 0.944 bits per heavy atom. The number of nitrogens with zero attached hydrogens (tertiary/aromatic N) is 1. The van der Waals surface area contributed by atoms with E-state index in [4.69, 9.17) is 38.4 Å². The summed E-state index contributed by atoms with van der Waals surface area (Å²) in [5.74, 6) is -3.33. The largest absolute Gasteiger partial charge is 0.496 e. The zero-order valence-electron chi connectivity index (χ0n) is 21.1. The fourth-order valence-corrected chi connectivity index (χ4v) is 3.26. The Morgan fingerprint density at radius 3 is 2.11 bits per heavy atom. The summed E-state index contributed by atoms with van der Waals surface area (Å²) in [6, 6.07) is 9.18. The number of anilines is 1. The van der Waals surface area contributed by atoms with Crippen molar-refractivity contribution in [2.45, 2.75) is 53.2 Å². The number of ether oxygens (including phenoxy) is 2. The number of amides is 2. The van der Waals surface area contributed by atoms with Crippen LogP contribution in [0.2, 0.25) is 10.0 Å². The number of methoxy groups -OCH3 is 1. The smallest absolute Gasteiger partial charge is 0.375 e. The van der Waals surface area contributed by atoms with Crippen LogP contribution in [0.15, 0.2) is 36.4 Å². The molecule has 0 heterocycles. The first kappa shape index (κ1) is 29.1. The van der Waals surface area contributed by atoms with E-state index >= 15 is 0 Å². The lowest BCUT2D eigenvalue weighted by Crippen LogP contribution is -2.43. The Balaban J connectivity index is 2.39. The molecule has 0 aliphatic carbocycles. The zero-order valence-corrected chi connectivity index (χ0v) is 22.6. The maximum Gasteiger partial charge on any atom is 0.375 e. The van der Waals surface area contributed by atoms with Gasteiger partial charge in [0.2, 0.25) is 11.7 Å². The van der Waals surface area contributed by atoms with E-state index in [0.717, 1.165) is 0 Å². The predicted octanol–water partition coefficient (Wildman–Crippen LogP) is 4.96. The molecule has 2 rings (SSSR count). The van der Waals surface area contributed by atoms with Crippen LogP contribution in [-0.4, -0.2) is 36.3 Å². The van der Waals surface area contributed by atoms with Gasteiger partial charge >= 0.3 is 5.97 Å². The van der Waals surface area contributed by atoms with E-state index in [2.05, 4.69) is 0 Å². The van der Waals surface area contributed by atoms with Crippen molar-refractivity contribution < 1.29 is 28.7 Å². The number of rotatable bonds is 9. The normalized spacial score (nSPS) is 11.6. The van der Waals surface area contributed by atoms with Crippen molar-refractivity contribution in [3.8, 4) is 5.75 Å². The molecule has 0 fully saturated rings. The molecule has 0 saturated heterocycles. The number of halogens is 2. The summed E-state index contributed by atoms with van der Waals surface area (Å²) < 4.78 is 10.7. The lowest BCUT2D eigenvalue weighted by atomic mass is 9.79. The van der Waals surface area contributed by atoms with Crippen molar-refractivity contribution in [1.82, 2.24) is 0 Å². The minimum absolute atomic E-state index is 0.00932. The van der Waals surface area contributed by atoms with Crippen LogP contribution in [-0.2, 0) is 25.7 Å². The quantitative estimate of drug-likeness (QED) is 0.275. The number of ketones is 1. The fourth-order valence-electron chi connectivity index (χ4n) is 2.94. The van der Waals surface area contributed by atoms with Gasteiger partial charge in [0.1, 0.15) is 11.4 Å². The minimum Gasteiger partial charge on any atom is -0.496 e. The zero-order chi connectivity index (χ0) is 27.4. The summed E-state index contributed by atoms with van der Waals surface area (Å²) in [5.41, 5.74) is 5.04. The van der Waals surface area contributed by atoms with Gasteiger partial charge in [-0.15, -0.1) is 0 Å². The highest BCUT2D eigenvalue weighted by molar-refractivity contribution is 6.42. The van der Waals surface area contributed by atoms with Gasteiger partial charge in [0.25, 0.3) is 5.91 Å². The van der Waals surface area contributed by atoms with E-state index in [0.29, 0.717) is 16.3 Å². The second-order valence-electron chi connectivity index (χ2n) is 9.73. The Morgan fingerprint density at radius 2 is 1.58 bits per heavy atom. The van der Waals surface area contributed by atoms with Gasteiger partial charge in [-0.25, -0.2) is 4.79 Å². The summed E-state index contributed by atoms with van der Waals surface area (Å²) in [6.45, 7) is 9.00. The maximum absolute atomic E-state index is 13.3. The van der Waals surface area contributed by atoms with E-state index in [1.165, 1.54) is 30.2 Å². The average Bonchev–Trinajstić information content (AvgIpc) is 2.77. The molecular weight excluding hydrogens is 507 g/mol. The van der Waals surface area contributed by atoms with Crippen molar-refractivity contribution in [2.24, 2.45) is 11.1 Å². The van der Waals surface area contributed by atoms with Gasteiger partial charge in [-0.2, -0.15) is 0 Å². The third-order valence-electron chi connectivity index (χ3n) is 6.08. The van der Waals surface area contributed by atoms with Crippen LogP contribution in [0.1, 0.15) is 57.0 Å². The third-order valence-corrected chi connectivity index (χ3v) is 6.82. The number of benzene rings is 2. The molecule has 2 aromatic rings. The van der Waals surface area contributed by atoms with Crippen LogP contribution in [0, 0.1) is 5.41 Å². The Labute approximate surface area is 220 Å². The van der Waals surface area contributed by atoms with E-state index in [9.17, 15) is 19.2 Å². The summed E-state index contributed by atoms with van der Waals surface area (Å²) >= 11 is 12.1. The number of hydrogen-bond donors (Lipinski definition) is 1. The molecule has 0 bridgehead atoms. The third kappa shape index (κ3) is 6.98. The second kappa shape index (κ2) is 11.3. The van der Waals surface area contributed by atoms with Crippen molar-refractivity contribution in [3.63, 3.8) is 0 Å². The number of nitrogens with two attached hydrogens (primary N) is 1. The average molecular weight is 537 g/mol. The molecule has 10 heteroatoms. The first-order chi connectivity index (χ1) is 16.6. The summed E-state index contributed by atoms with van der Waals surface area (Å²) in [4.78, 5) is 51.5. The van der Waals surface area contributed by atoms with E-state index in [-0.39, 0.29) is 22.9 Å². The standard InChI is InChI=1S/C26H30Cl2N2O6/c1-25(2,3)26(4,5)36-24(34)20(31)13-22(32)30(14-15-7-10-18(27)19(28)11-15)16-8-9-17(23(29)33)21(12-16)35-6/h7-12H,13-14H2,1-6H3,(H2,29,33). The maximum atomic E-state index is 13.3. The van der Waals surface area contributed by atoms with Crippen molar-refractivity contribution in [2.75, 3.05) is 12.0 Å². The topological polar surface area (TPSA) is 116 Å². The van der Waals surface area contributed by atoms with Gasteiger partial charge in [0, 0.05) is 17.2 Å². The van der Waals surface area contributed by atoms with E-state index in [1.54, 1.807) is 32.0 Å². The van der Waals surface area contributed by atoms with Crippen LogP contribution in [0.4, 0.5) is 5.69 Å². The van der Waals surface area contributed by atoms with E-state index in [1.807, 2.05) is 20.8 Å². The van der Waals surface area contributed by atoms with Gasteiger partial charge in [0.05, 0.1) is 35.7 Å². The highest BCUT2D eigenvalue weighted by atomic mass is 35.5. The highest BCUT2D eigenvalue weighted by Crippen LogP contribution is 2.33. The van der Waals surface area contributed by atoms with Gasteiger partial charge in [-0.1, -0.05) is 50.0 Å². The molecule has 2 aromatic carbocycles. The van der Waals surface area contributed by atoms with Crippen LogP contribution in [0.25, 0.3) is 0 Å². The lowest BCUT2D eigenvalue weighted by molar-refractivity contribution is -0.172. The Bertz CT molecular complexity index is 1190. The summed E-state index contributed by atoms with van der Waals surface area (Å²) in [5, 5.41) is 0.623. The second-order valence-corrected chi connectivity index (χ2v) is 10.5. The molecule has 0 aromatic heterocycles. The first-order valence-electron chi connectivity index (χ1n) is 11.1. The Hall–Kier alpha value is -3.10. The fraction of sp³-hybridized carbons (Fsp3) is 0.385. The molecule has 0 spiro atoms. The van der Waals surface area contributed by atoms with Crippen molar-refractivity contribution >= 4 is 52.5 Å². The predicted molar refractivity (Wildman–Crippen MR) is 138 cm³/mol. The minimum atomic E-state index is -1.10. The SMILES string of the molecule is COc1cc(N(Cc2ccc(Cl)c(Cl)c2)C(=O)CC(=O)C(=O)OC(C)(C)C(C)(C)C)ccc1C(N)=O. The van der Waals surface area contributed by atoms with Crippen LogP contribution >= 0.6 is 23.2 Å². The van der Waals surface area contributed by atoms with Crippen LogP contribution in [0.3, 0.4) is 0 Å². The Kier molecular flexibility index (Phi) is 9.15. The van der Waals surface area contributed by atoms with Gasteiger partial charge in [0.15, 0.2) is 0 Å². The molecule has 2 N–H and O–H groups in total. The molecular formula is C26H30Cl2N2O6. The van der Waals surface area contributed by atoms with Crippen molar-refractivity contribution in [3.05, 3.63) is 57.6 Å². The van der Waals surface area contributed by atoms with Crippen molar-refractivity contribution in [1.29, 1.82) is 0 Å². The highest BCUT2D eigenvalue weighted by Gasteiger charge is 2.38. The molecule has 0 unspecified atom stereocenters. The summed E-state index contributed by atoms with van der Waals surface area (Å²) in [7, 11) is 1.35. The first-order valence-corrected chi connectivity index (χ1v) is 11.8. The molecule has 0 saturated carbocycles. The lowest BCUT2D eigenvalue weighted by Gasteiger charge is -2.37. The number of carbonyl (C=O) groups excluding carboxylic acids is 4. The summed E-state index contributed by atoms with van der Waals surface area (Å²) in [6.07, 6.45) is -0.736. The molecule has 2 amide bonds. The van der Waals surface area contributed by atoms with Crippen LogP contribution < -0.4 is 15.4 Å². The molecule has 0 aliphatic rings. The number of primary amides is 1. The molecule has 8 nitrogen and oxygen atoms in total. The number of Topliss-reactive ketones (excluding diaryl/α,β-unsaturated/α-hetero) is 1. The molecule has 0 aliphatic heterocycles. The number of hydrogen-bond acceptors (Lipinski definition) is 6. The number of carbonyl (C=O) groups is 4. The monoisotopic (exact) mass is 536 g/mol. The molecule has 36 heavy (non-hydrogen) atoms. The molecule has 0 radical (unpaired) electrons. The van der Waals surface area contributed by atoms with Crippen LogP contribution in [0.5, 0.6) is 5.75 Å².